The Hall–Kier alpha value is -1.55. The van der Waals surface area contributed by atoms with Crippen molar-refractivity contribution in [2.45, 2.75) is 70.2 Å². The zero-order valence-electron chi connectivity index (χ0n) is 17.6. The molecule has 0 N–H and O–H groups in total. The molecule has 1 aliphatic carbocycles. The molecule has 10 heteroatoms. The highest BCUT2D eigenvalue weighted by Crippen LogP contribution is 2.41. The smallest absolute Gasteiger partial charge is 0.451 e. The van der Waals surface area contributed by atoms with E-state index in [2.05, 4.69) is 11.7 Å². The van der Waals surface area contributed by atoms with Gasteiger partial charge in [0.1, 0.15) is 0 Å². The van der Waals surface area contributed by atoms with Gasteiger partial charge in [-0.15, -0.1) is 0 Å². The van der Waals surface area contributed by atoms with Crippen LogP contribution in [0.3, 0.4) is 0 Å². The third-order valence-electron chi connectivity index (χ3n) is 6.21. The zero-order chi connectivity index (χ0) is 23.5. The van der Waals surface area contributed by atoms with Gasteiger partial charge in [-0.1, -0.05) is 45.1 Å². The van der Waals surface area contributed by atoms with Crippen LogP contribution in [0.2, 0.25) is 0 Å². The molecule has 0 spiro atoms. The lowest BCUT2D eigenvalue weighted by Gasteiger charge is -2.32. The molecule has 0 aromatic heterocycles. The molecule has 1 aromatic rings. The zero-order valence-corrected chi connectivity index (χ0v) is 17.6. The molecule has 182 valence electrons. The Labute approximate surface area is 182 Å². The molecular formula is C22H27F7O3. The molecule has 3 nitrogen and oxygen atoms in total. The predicted octanol–water partition coefficient (Wildman–Crippen LogP) is 6.97. The Morgan fingerprint density at radius 3 is 2.12 bits per heavy atom. The van der Waals surface area contributed by atoms with E-state index in [4.69, 9.17) is 9.47 Å². The van der Waals surface area contributed by atoms with Crippen LogP contribution in [0, 0.1) is 23.6 Å². The molecule has 0 amide bonds. The molecule has 1 aromatic carbocycles. The van der Waals surface area contributed by atoms with Crippen molar-refractivity contribution >= 4 is 0 Å². The second kappa shape index (κ2) is 10.2. The number of alkyl halides is 6. The third-order valence-corrected chi connectivity index (χ3v) is 6.21. The van der Waals surface area contributed by atoms with Gasteiger partial charge in [0.15, 0.2) is 17.9 Å². The van der Waals surface area contributed by atoms with Crippen molar-refractivity contribution in [3.63, 3.8) is 0 Å². The lowest BCUT2D eigenvalue weighted by atomic mass is 9.80. The van der Waals surface area contributed by atoms with Crippen LogP contribution >= 0.6 is 0 Å². The van der Waals surface area contributed by atoms with Crippen LogP contribution < -0.4 is 4.74 Å². The molecule has 1 atom stereocenters. The maximum atomic E-state index is 14.2. The summed E-state index contributed by atoms with van der Waals surface area (Å²) in [5.74, 6) is -6.44. The number of hydrogen-bond donors (Lipinski definition) is 0. The second-order valence-corrected chi connectivity index (χ2v) is 8.81. The molecule has 1 saturated carbocycles. The van der Waals surface area contributed by atoms with Crippen LogP contribution in [0.25, 0.3) is 0 Å². The number of halogens is 7. The average molecular weight is 472 g/mol. The standard InChI is InChI=1S/C22H27F7O3/c1-13-2-4-14(5-3-13)6-7-15-11-30-19(31-12-15)16-8-9-18(17(23)10-16)32-20(24)21(25,26)22(27,28)29/h8-10,13-15,19-20H,2-7,11-12H2,1H3. The average Bonchev–Trinajstić information content (AvgIpc) is 2.74. The van der Waals surface area contributed by atoms with Crippen LogP contribution in [0.1, 0.15) is 57.3 Å². The minimum atomic E-state index is -6.17. The normalized spacial score (nSPS) is 28.4. The van der Waals surface area contributed by atoms with E-state index in [0.717, 1.165) is 36.8 Å². The SMILES string of the molecule is CC1CCC(CCC2COC(c3ccc(OC(F)C(F)(F)C(F)(F)F)c(F)c3)OC2)CC1. The number of ether oxygens (including phenoxy) is 3. The molecule has 2 fully saturated rings. The molecule has 32 heavy (non-hydrogen) atoms. The van der Waals surface area contributed by atoms with Gasteiger partial charge in [-0.3, -0.25) is 0 Å². The fraction of sp³-hybridized carbons (Fsp3) is 0.727. The summed E-state index contributed by atoms with van der Waals surface area (Å²) in [6, 6.07) is 2.75. The summed E-state index contributed by atoms with van der Waals surface area (Å²) in [5.41, 5.74) is 0.188. The van der Waals surface area contributed by atoms with Crippen LogP contribution in [0.4, 0.5) is 30.7 Å². The van der Waals surface area contributed by atoms with Crippen molar-refractivity contribution in [3.05, 3.63) is 29.6 Å². The summed E-state index contributed by atoms with van der Waals surface area (Å²) in [6.45, 7) is 3.07. The number of hydrogen-bond acceptors (Lipinski definition) is 3. The van der Waals surface area contributed by atoms with Gasteiger partial charge in [-0.25, -0.2) is 4.39 Å². The topological polar surface area (TPSA) is 27.7 Å². The van der Waals surface area contributed by atoms with Gasteiger partial charge < -0.3 is 14.2 Å². The molecule has 1 heterocycles. The van der Waals surface area contributed by atoms with E-state index in [1.165, 1.54) is 31.7 Å². The lowest BCUT2D eigenvalue weighted by Crippen LogP contribution is -2.47. The minimum absolute atomic E-state index is 0.188. The highest BCUT2D eigenvalue weighted by Gasteiger charge is 2.65. The quantitative estimate of drug-likeness (QED) is 0.402. The maximum Gasteiger partial charge on any atom is 0.460 e. The Balaban J connectivity index is 1.49. The van der Waals surface area contributed by atoms with Crippen molar-refractivity contribution in [2.75, 3.05) is 13.2 Å². The minimum Gasteiger partial charge on any atom is -0.451 e. The first-order chi connectivity index (χ1) is 15.0. The number of benzene rings is 1. The van der Waals surface area contributed by atoms with Crippen LogP contribution in [0.15, 0.2) is 18.2 Å². The van der Waals surface area contributed by atoms with Gasteiger partial charge in [0.25, 0.3) is 0 Å². The predicted molar refractivity (Wildman–Crippen MR) is 101 cm³/mol. The van der Waals surface area contributed by atoms with E-state index in [1.54, 1.807) is 0 Å². The van der Waals surface area contributed by atoms with Gasteiger partial charge in [0.05, 0.1) is 13.2 Å². The highest BCUT2D eigenvalue weighted by molar-refractivity contribution is 5.30. The van der Waals surface area contributed by atoms with Gasteiger partial charge in [-0.05, 0) is 30.4 Å². The van der Waals surface area contributed by atoms with E-state index >= 15 is 0 Å². The fourth-order valence-corrected chi connectivity index (χ4v) is 4.06. The van der Waals surface area contributed by atoms with Crippen molar-refractivity contribution in [3.8, 4) is 5.75 Å². The Kier molecular flexibility index (Phi) is 7.96. The molecule has 0 bridgehead atoms. The first-order valence-corrected chi connectivity index (χ1v) is 10.7. The van der Waals surface area contributed by atoms with Crippen molar-refractivity contribution in [1.82, 2.24) is 0 Å². The largest absolute Gasteiger partial charge is 0.460 e. The van der Waals surface area contributed by atoms with E-state index < -0.39 is 36.3 Å². The van der Waals surface area contributed by atoms with Crippen molar-refractivity contribution in [2.24, 2.45) is 17.8 Å². The monoisotopic (exact) mass is 472 g/mol. The first-order valence-electron chi connectivity index (χ1n) is 10.7. The van der Waals surface area contributed by atoms with Gasteiger partial charge in [0, 0.05) is 11.5 Å². The molecule has 1 unspecified atom stereocenters. The van der Waals surface area contributed by atoms with Gasteiger partial charge in [0.2, 0.25) is 0 Å². The molecule has 1 aliphatic heterocycles. The first kappa shape index (κ1) is 25.1. The Morgan fingerprint density at radius 2 is 1.56 bits per heavy atom. The van der Waals surface area contributed by atoms with Gasteiger partial charge >= 0.3 is 18.5 Å². The lowest BCUT2D eigenvalue weighted by molar-refractivity contribution is -0.328. The molecule has 0 radical (unpaired) electrons. The molecule has 3 rings (SSSR count). The summed E-state index contributed by atoms with van der Waals surface area (Å²) in [7, 11) is 0. The summed E-state index contributed by atoms with van der Waals surface area (Å²) < 4.78 is 105. The van der Waals surface area contributed by atoms with Crippen LogP contribution in [-0.2, 0) is 9.47 Å². The van der Waals surface area contributed by atoms with E-state index in [9.17, 15) is 30.7 Å². The second-order valence-electron chi connectivity index (χ2n) is 8.81. The third kappa shape index (κ3) is 6.07. The van der Waals surface area contributed by atoms with E-state index in [1.807, 2.05) is 0 Å². The summed E-state index contributed by atoms with van der Waals surface area (Å²) in [5, 5.41) is 0. The summed E-state index contributed by atoms with van der Waals surface area (Å²) in [6.07, 6.45) is -4.12. The molecule has 1 saturated heterocycles. The van der Waals surface area contributed by atoms with Crippen molar-refractivity contribution in [1.29, 1.82) is 0 Å². The summed E-state index contributed by atoms with van der Waals surface area (Å²) >= 11 is 0. The van der Waals surface area contributed by atoms with Gasteiger partial charge in [-0.2, -0.15) is 26.3 Å². The number of rotatable bonds is 7. The van der Waals surface area contributed by atoms with Crippen LogP contribution in [-0.4, -0.2) is 31.7 Å². The Morgan fingerprint density at radius 1 is 0.969 bits per heavy atom. The van der Waals surface area contributed by atoms with E-state index in [0.29, 0.717) is 13.2 Å². The molecular weight excluding hydrogens is 445 g/mol. The Bertz CT molecular complexity index is 740. The van der Waals surface area contributed by atoms with Crippen molar-refractivity contribution < 1.29 is 44.9 Å². The summed E-state index contributed by atoms with van der Waals surface area (Å²) in [4.78, 5) is 0. The van der Waals surface area contributed by atoms with Crippen LogP contribution in [0.5, 0.6) is 5.75 Å². The van der Waals surface area contributed by atoms with E-state index in [-0.39, 0.29) is 11.5 Å². The maximum absolute atomic E-state index is 14.2. The highest BCUT2D eigenvalue weighted by atomic mass is 19.4. The molecule has 2 aliphatic rings. The fourth-order valence-electron chi connectivity index (χ4n) is 4.06.